The molecule has 2 N–H and O–H groups in total. The highest BCUT2D eigenvalue weighted by molar-refractivity contribution is 5.02. The summed E-state index contributed by atoms with van der Waals surface area (Å²) in [7, 11) is 0. The van der Waals surface area contributed by atoms with Crippen LogP contribution in [0.3, 0.4) is 0 Å². The van der Waals surface area contributed by atoms with E-state index in [1.807, 2.05) is 0 Å². The zero-order valence-corrected chi connectivity index (χ0v) is 10.5. The molecule has 1 aromatic heterocycles. The summed E-state index contributed by atoms with van der Waals surface area (Å²) in [5.41, 5.74) is 0.146. The van der Waals surface area contributed by atoms with Crippen LogP contribution in [0.1, 0.15) is 51.9 Å². The molecule has 0 spiro atoms. The molecular weight excluding hydrogens is 202 g/mol. The Bertz CT molecular complexity index is 270. The molecule has 0 aromatic carbocycles. The Hall–Kier alpha value is -0.800. The van der Waals surface area contributed by atoms with E-state index in [2.05, 4.69) is 26.1 Å². The number of aliphatic hydroxyl groups is 1. The molecule has 0 fully saturated rings. The summed E-state index contributed by atoms with van der Waals surface area (Å²) >= 11 is 0. The quantitative estimate of drug-likeness (QED) is 0.750. The molecule has 1 atom stereocenters. The first kappa shape index (κ1) is 13.3. The van der Waals surface area contributed by atoms with E-state index < -0.39 is 6.10 Å². The number of hydrogen-bond acceptors (Lipinski definition) is 3. The number of β-amino-alcohol motifs (C(OH)–C–C–N with tert-alkyl or cyclic N) is 1. The standard InChI is InChI=1S/C13H23NO2/c1-4-13(5-2,6-3)14-10-11(15)12-8-7-9-16-12/h7-9,11,14-15H,4-6,10H2,1-3H3. The largest absolute Gasteiger partial charge is 0.467 e. The van der Waals surface area contributed by atoms with Gasteiger partial charge in [-0.15, -0.1) is 0 Å². The molecule has 3 nitrogen and oxygen atoms in total. The molecule has 0 aliphatic rings. The first-order valence-corrected chi connectivity index (χ1v) is 6.14. The fourth-order valence-electron chi connectivity index (χ4n) is 2.02. The molecule has 0 saturated carbocycles. The molecule has 0 aliphatic heterocycles. The Kier molecular flexibility index (Phi) is 5.03. The molecule has 0 saturated heterocycles. The van der Waals surface area contributed by atoms with Gasteiger partial charge < -0.3 is 14.8 Å². The van der Waals surface area contributed by atoms with Gasteiger partial charge in [-0.3, -0.25) is 0 Å². The van der Waals surface area contributed by atoms with Crippen molar-refractivity contribution in [2.24, 2.45) is 0 Å². The molecule has 0 aliphatic carbocycles. The predicted octanol–water partition coefficient (Wildman–Crippen LogP) is 2.87. The number of aliphatic hydroxyl groups excluding tert-OH is 1. The van der Waals surface area contributed by atoms with Gasteiger partial charge in [0.2, 0.25) is 0 Å². The van der Waals surface area contributed by atoms with Crippen LogP contribution in [0.5, 0.6) is 0 Å². The molecule has 1 heterocycles. The maximum absolute atomic E-state index is 9.90. The van der Waals surface area contributed by atoms with Crippen molar-refractivity contribution in [1.29, 1.82) is 0 Å². The van der Waals surface area contributed by atoms with Crippen molar-refractivity contribution in [2.75, 3.05) is 6.54 Å². The normalized spacial score (nSPS) is 14.0. The lowest BCUT2D eigenvalue weighted by molar-refractivity contribution is 0.128. The van der Waals surface area contributed by atoms with Gasteiger partial charge in [-0.05, 0) is 31.4 Å². The van der Waals surface area contributed by atoms with Crippen molar-refractivity contribution in [2.45, 2.75) is 51.7 Å². The monoisotopic (exact) mass is 225 g/mol. The maximum atomic E-state index is 9.90. The lowest BCUT2D eigenvalue weighted by Crippen LogP contribution is -2.45. The maximum Gasteiger partial charge on any atom is 0.133 e. The summed E-state index contributed by atoms with van der Waals surface area (Å²) in [6, 6.07) is 3.60. The molecule has 1 aromatic rings. The third kappa shape index (κ3) is 3.09. The van der Waals surface area contributed by atoms with Crippen LogP contribution in [0, 0.1) is 0 Å². The lowest BCUT2D eigenvalue weighted by Gasteiger charge is -2.32. The Morgan fingerprint density at radius 2 is 1.94 bits per heavy atom. The van der Waals surface area contributed by atoms with Gasteiger partial charge in [0.05, 0.1) is 6.26 Å². The van der Waals surface area contributed by atoms with Crippen molar-refractivity contribution in [1.82, 2.24) is 5.32 Å². The van der Waals surface area contributed by atoms with Gasteiger partial charge in [0.25, 0.3) is 0 Å². The average Bonchev–Trinajstić information content (AvgIpc) is 2.85. The average molecular weight is 225 g/mol. The first-order chi connectivity index (χ1) is 7.67. The Morgan fingerprint density at radius 1 is 1.31 bits per heavy atom. The zero-order chi connectivity index (χ0) is 12.0. The van der Waals surface area contributed by atoms with Crippen LogP contribution in [0.2, 0.25) is 0 Å². The van der Waals surface area contributed by atoms with E-state index in [4.69, 9.17) is 4.42 Å². The fourth-order valence-corrected chi connectivity index (χ4v) is 2.02. The highest BCUT2D eigenvalue weighted by atomic mass is 16.4. The van der Waals surface area contributed by atoms with Crippen LogP contribution < -0.4 is 5.32 Å². The smallest absolute Gasteiger partial charge is 0.133 e. The predicted molar refractivity (Wildman–Crippen MR) is 65.3 cm³/mol. The topological polar surface area (TPSA) is 45.4 Å². The minimum absolute atomic E-state index is 0.146. The summed E-state index contributed by atoms with van der Waals surface area (Å²) in [6.45, 7) is 7.08. The van der Waals surface area contributed by atoms with E-state index in [9.17, 15) is 5.11 Å². The van der Waals surface area contributed by atoms with Crippen LogP contribution in [0.25, 0.3) is 0 Å². The van der Waals surface area contributed by atoms with E-state index >= 15 is 0 Å². The second kappa shape index (κ2) is 6.06. The Labute approximate surface area is 97.9 Å². The molecular formula is C13H23NO2. The third-order valence-corrected chi connectivity index (χ3v) is 3.57. The van der Waals surface area contributed by atoms with Gasteiger partial charge in [0.15, 0.2) is 0 Å². The van der Waals surface area contributed by atoms with Gasteiger partial charge in [0.1, 0.15) is 11.9 Å². The number of furan rings is 1. The van der Waals surface area contributed by atoms with E-state index in [-0.39, 0.29) is 5.54 Å². The first-order valence-electron chi connectivity index (χ1n) is 6.14. The highest BCUT2D eigenvalue weighted by Gasteiger charge is 2.24. The van der Waals surface area contributed by atoms with Crippen molar-refractivity contribution < 1.29 is 9.52 Å². The fraction of sp³-hybridized carbons (Fsp3) is 0.692. The minimum atomic E-state index is -0.556. The summed E-state index contributed by atoms with van der Waals surface area (Å²) in [5, 5.41) is 13.4. The van der Waals surface area contributed by atoms with Crippen LogP contribution in [0.4, 0.5) is 0 Å². The molecule has 92 valence electrons. The van der Waals surface area contributed by atoms with Crippen molar-refractivity contribution in [3.8, 4) is 0 Å². The third-order valence-electron chi connectivity index (χ3n) is 3.57. The molecule has 16 heavy (non-hydrogen) atoms. The second-order valence-corrected chi connectivity index (χ2v) is 4.25. The molecule has 0 bridgehead atoms. The summed E-state index contributed by atoms with van der Waals surface area (Å²) in [5.74, 6) is 0.629. The minimum Gasteiger partial charge on any atom is -0.467 e. The van der Waals surface area contributed by atoms with Gasteiger partial charge in [-0.25, -0.2) is 0 Å². The van der Waals surface area contributed by atoms with E-state index in [0.717, 1.165) is 19.3 Å². The Balaban J connectivity index is 2.49. The SMILES string of the molecule is CCC(CC)(CC)NCC(O)c1ccco1. The summed E-state index contributed by atoms with van der Waals surface area (Å²) in [6.07, 6.45) is 4.25. The van der Waals surface area contributed by atoms with Gasteiger partial charge in [0, 0.05) is 12.1 Å². The van der Waals surface area contributed by atoms with Crippen LogP contribution in [-0.4, -0.2) is 17.2 Å². The van der Waals surface area contributed by atoms with E-state index in [1.54, 1.807) is 18.4 Å². The van der Waals surface area contributed by atoms with E-state index in [1.165, 1.54) is 0 Å². The molecule has 3 heteroatoms. The van der Waals surface area contributed by atoms with Crippen LogP contribution >= 0.6 is 0 Å². The molecule has 0 amide bonds. The molecule has 1 rings (SSSR count). The van der Waals surface area contributed by atoms with Crippen LogP contribution in [-0.2, 0) is 0 Å². The zero-order valence-electron chi connectivity index (χ0n) is 10.5. The van der Waals surface area contributed by atoms with Crippen molar-refractivity contribution in [3.05, 3.63) is 24.2 Å². The van der Waals surface area contributed by atoms with E-state index in [0.29, 0.717) is 12.3 Å². The van der Waals surface area contributed by atoms with Gasteiger partial charge in [-0.1, -0.05) is 20.8 Å². The van der Waals surface area contributed by atoms with Gasteiger partial charge in [-0.2, -0.15) is 0 Å². The summed E-state index contributed by atoms with van der Waals surface area (Å²) < 4.78 is 5.17. The lowest BCUT2D eigenvalue weighted by atomic mass is 9.89. The number of nitrogens with one attached hydrogen (secondary N) is 1. The highest BCUT2D eigenvalue weighted by Crippen LogP contribution is 2.21. The second-order valence-electron chi connectivity index (χ2n) is 4.25. The Morgan fingerprint density at radius 3 is 2.38 bits per heavy atom. The van der Waals surface area contributed by atoms with Crippen LogP contribution in [0.15, 0.2) is 22.8 Å². The molecule has 1 unspecified atom stereocenters. The van der Waals surface area contributed by atoms with Crippen molar-refractivity contribution >= 4 is 0 Å². The number of rotatable bonds is 7. The molecule has 0 radical (unpaired) electrons. The van der Waals surface area contributed by atoms with Crippen molar-refractivity contribution in [3.63, 3.8) is 0 Å². The summed E-state index contributed by atoms with van der Waals surface area (Å²) in [4.78, 5) is 0. The van der Waals surface area contributed by atoms with Gasteiger partial charge >= 0.3 is 0 Å². The number of hydrogen-bond donors (Lipinski definition) is 2.